The standard InChI is InChI=1S/C24H29Cl2N5O2/c1-30-20-13-27-24(28-15-11-17(25)21(32)18(26)12-15)29-22(20)31(16-8-4-5-9-16)19(23(30)33)10-14-6-2-3-7-14/h11-14,16,19,32H,2-10H2,1H3,(H,27,28,29). The number of hydrogen-bond donors (Lipinski definition) is 2. The Hall–Kier alpha value is -2.25. The van der Waals surface area contributed by atoms with Gasteiger partial charge in [-0.15, -0.1) is 0 Å². The molecule has 1 unspecified atom stereocenters. The zero-order chi connectivity index (χ0) is 23.1. The average molecular weight is 490 g/mol. The lowest BCUT2D eigenvalue weighted by Crippen LogP contribution is -2.56. The number of likely N-dealkylation sites (N-methyl/N-ethyl adjacent to an activating group) is 1. The number of nitrogens with one attached hydrogen (secondary N) is 1. The van der Waals surface area contributed by atoms with E-state index in [2.05, 4.69) is 15.2 Å². The SMILES string of the molecule is CN1C(=O)C(CC2CCCC2)N(C2CCCC2)c2nc(Nc3cc(Cl)c(O)c(Cl)c3)ncc21. The Morgan fingerprint density at radius 3 is 2.39 bits per heavy atom. The molecular formula is C24H29Cl2N5O2. The van der Waals surface area contributed by atoms with Crippen molar-refractivity contribution in [1.82, 2.24) is 9.97 Å². The number of phenols is 1. The summed E-state index contributed by atoms with van der Waals surface area (Å²) in [6.07, 6.45) is 12.0. The van der Waals surface area contributed by atoms with Crippen molar-refractivity contribution < 1.29 is 9.90 Å². The molecule has 7 nitrogen and oxygen atoms in total. The molecule has 0 spiro atoms. The molecular weight excluding hydrogens is 461 g/mol. The number of carbonyl (C=O) groups is 1. The highest BCUT2D eigenvalue weighted by molar-refractivity contribution is 6.37. The molecule has 2 aromatic rings. The normalized spacial score (nSPS) is 21.7. The molecule has 3 aliphatic rings. The van der Waals surface area contributed by atoms with Crippen LogP contribution < -0.4 is 15.1 Å². The first-order valence-corrected chi connectivity index (χ1v) is 12.6. The van der Waals surface area contributed by atoms with Crippen LogP contribution >= 0.6 is 23.2 Å². The molecule has 2 N–H and O–H groups in total. The van der Waals surface area contributed by atoms with Crippen molar-refractivity contribution in [2.45, 2.75) is 69.9 Å². The van der Waals surface area contributed by atoms with E-state index in [0.717, 1.165) is 30.8 Å². The van der Waals surface area contributed by atoms with Gasteiger partial charge in [0.05, 0.1) is 16.2 Å². The van der Waals surface area contributed by atoms with E-state index in [1.165, 1.54) is 38.5 Å². The Balaban J connectivity index is 1.51. The molecule has 0 radical (unpaired) electrons. The zero-order valence-corrected chi connectivity index (χ0v) is 20.2. The maximum atomic E-state index is 13.5. The molecule has 2 aliphatic carbocycles. The number of carbonyl (C=O) groups excluding carboxylic acids is 1. The summed E-state index contributed by atoms with van der Waals surface area (Å²) in [5.41, 5.74) is 1.32. The second-order valence-corrected chi connectivity index (χ2v) is 10.3. The Morgan fingerprint density at radius 1 is 1.09 bits per heavy atom. The van der Waals surface area contributed by atoms with Crippen molar-refractivity contribution in [3.8, 4) is 5.75 Å². The van der Waals surface area contributed by atoms with Gasteiger partial charge in [-0.05, 0) is 37.3 Å². The zero-order valence-electron chi connectivity index (χ0n) is 18.7. The van der Waals surface area contributed by atoms with E-state index in [1.54, 1.807) is 23.2 Å². The number of rotatable bonds is 5. The Kier molecular flexibility index (Phi) is 6.27. The van der Waals surface area contributed by atoms with E-state index in [9.17, 15) is 9.90 Å². The monoisotopic (exact) mass is 489 g/mol. The molecule has 0 saturated heterocycles. The summed E-state index contributed by atoms with van der Waals surface area (Å²) in [6, 6.07) is 3.29. The predicted octanol–water partition coefficient (Wildman–Crippen LogP) is 5.91. The molecule has 9 heteroatoms. The number of fused-ring (bicyclic) bond motifs is 1. The lowest BCUT2D eigenvalue weighted by Gasteiger charge is -2.44. The third-order valence-electron chi connectivity index (χ3n) is 7.33. The van der Waals surface area contributed by atoms with E-state index in [0.29, 0.717) is 23.6 Å². The fraction of sp³-hybridized carbons (Fsp3) is 0.542. The largest absolute Gasteiger partial charge is 0.505 e. The van der Waals surface area contributed by atoms with E-state index < -0.39 is 0 Å². The van der Waals surface area contributed by atoms with Crippen molar-refractivity contribution in [2.24, 2.45) is 5.92 Å². The lowest BCUT2D eigenvalue weighted by atomic mass is 9.93. The first-order chi connectivity index (χ1) is 15.9. The molecule has 2 fully saturated rings. The second-order valence-electron chi connectivity index (χ2n) is 9.46. The minimum absolute atomic E-state index is 0.141. The van der Waals surface area contributed by atoms with Crippen LogP contribution in [0.4, 0.5) is 23.1 Å². The number of amides is 1. The molecule has 176 valence electrons. The maximum absolute atomic E-state index is 13.5. The van der Waals surface area contributed by atoms with Crippen LogP contribution in [0, 0.1) is 5.92 Å². The molecule has 1 aromatic carbocycles. The predicted molar refractivity (Wildman–Crippen MR) is 132 cm³/mol. The number of phenolic OH excluding ortho intramolecular Hbond substituents is 1. The third-order valence-corrected chi connectivity index (χ3v) is 7.91. The number of halogens is 2. The van der Waals surface area contributed by atoms with Crippen LogP contribution in [0.15, 0.2) is 18.3 Å². The van der Waals surface area contributed by atoms with Gasteiger partial charge in [-0.2, -0.15) is 4.98 Å². The van der Waals surface area contributed by atoms with Gasteiger partial charge in [-0.25, -0.2) is 4.98 Å². The van der Waals surface area contributed by atoms with Crippen LogP contribution in [0.25, 0.3) is 0 Å². The van der Waals surface area contributed by atoms with Gasteiger partial charge in [0.2, 0.25) is 11.9 Å². The highest BCUT2D eigenvalue weighted by Gasteiger charge is 2.43. The molecule has 1 aliphatic heterocycles. The smallest absolute Gasteiger partial charge is 0.249 e. The molecule has 2 heterocycles. The fourth-order valence-corrected chi connectivity index (χ4v) is 6.10. The maximum Gasteiger partial charge on any atom is 0.249 e. The van der Waals surface area contributed by atoms with Crippen LogP contribution in [-0.4, -0.2) is 40.1 Å². The number of benzene rings is 1. The lowest BCUT2D eigenvalue weighted by molar-refractivity contribution is -0.120. The van der Waals surface area contributed by atoms with Gasteiger partial charge in [0.15, 0.2) is 11.6 Å². The van der Waals surface area contributed by atoms with Crippen LogP contribution in [0.5, 0.6) is 5.75 Å². The summed E-state index contributed by atoms with van der Waals surface area (Å²) in [5, 5.41) is 13.3. The van der Waals surface area contributed by atoms with Crippen LogP contribution in [0.3, 0.4) is 0 Å². The van der Waals surface area contributed by atoms with Gasteiger partial charge >= 0.3 is 0 Å². The van der Waals surface area contributed by atoms with Gasteiger partial charge < -0.3 is 20.2 Å². The molecule has 1 amide bonds. The van der Waals surface area contributed by atoms with Gasteiger partial charge in [-0.3, -0.25) is 4.79 Å². The summed E-state index contributed by atoms with van der Waals surface area (Å²) < 4.78 is 0. The fourth-order valence-electron chi connectivity index (χ4n) is 5.61. The number of aromatic nitrogens is 2. The Bertz CT molecular complexity index is 1030. The summed E-state index contributed by atoms with van der Waals surface area (Å²) in [7, 11) is 1.82. The van der Waals surface area contributed by atoms with Crippen LogP contribution in [-0.2, 0) is 4.79 Å². The van der Waals surface area contributed by atoms with Crippen molar-refractivity contribution in [3.63, 3.8) is 0 Å². The summed E-state index contributed by atoms with van der Waals surface area (Å²) in [4.78, 5) is 26.8. The van der Waals surface area contributed by atoms with Gasteiger partial charge in [0, 0.05) is 18.8 Å². The van der Waals surface area contributed by atoms with Crippen molar-refractivity contribution in [1.29, 1.82) is 0 Å². The van der Waals surface area contributed by atoms with E-state index in [1.807, 2.05) is 7.05 Å². The summed E-state index contributed by atoms with van der Waals surface area (Å²) >= 11 is 12.2. The summed E-state index contributed by atoms with van der Waals surface area (Å²) in [5.74, 6) is 1.79. The van der Waals surface area contributed by atoms with Gasteiger partial charge in [0.1, 0.15) is 11.7 Å². The average Bonchev–Trinajstić information content (AvgIpc) is 3.50. The minimum Gasteiger partial charge on any atom is -0.505 e. The quantitative estimate of drug-likeness (QED) is 0.508. The highest BCUT2D eigenvalue weighted by atomic mass is 35.5. The van der Waals surface area contributed by atoms with E-state index >= 15 is 0 Å². The molecule has 2 saturated carbocycles. The Morgan fingerprint density at radius 2 is 1.73 bits per heavy atom. The van der Waals surface area contributed by atoms with E-state index in [4.69, 9.17) is 28.2 Å². The van der Waals surface area contributed by atoms with Crippen molar-refractivity contribution >= 4 is 52.3 Å². The molecule has 0 bridgehead atoms. The van der Waals surface area contributed by atoms with Crippen LogP contribution in [0.1, 0.15) is 57.8 Å². The molecule has 5 rings (SSSR count). The van der Waals surface area contributed by atoms with Crippen molar-refractivity contribution in [2.75, 3.05) is 22.2 Å². The molecule has 1 atom stereocenters. The highest BCUT2D eigenvalue weighted by Crippen LogP contribution is 2.42. The third kappa shape index (κ3) is 4.33. The van der Waals surface area contributed by atoms with E-state index in [-0.39, 0.29) is 27.7 Å². The second kappa shape index (κ2) is 9.18. The number of aromatic hydroxyl groups is 1. The molecule has 1 aromatic heterocycles. The first kappa shape index (κ1) is 22.5. The number of anilines is 4. The molecule has 33 heavy (non-hydrogen) atoms. The van der Waals surface area contributed by atoms with Crippen molar-refractivity contribution in [3.05, 3.63) is 28.4 Å². The van der Waals surface area contributed by atoms with Gasteiger partial charge in [0.25, 0.3) is 0 Å². The summed E-state index contributed by atoms with van der Waals surface area (Å²) in [6.45, 7) is 0. The topological polar surface area (TPSA) is 81.6 Å². The number of nitrogens with zero attached hydrogens (tertiary/aromatic N) is 4. The van der Waals surface area contributed by atoms with Gasteiger partial charge in [-0.1, -0.05) is 61.7 Å². The number of hydrogen-bond acceptors (Lipinski definition) is 6. The first-order valence-electron chi connectivity index (χ1n) is 11.8. The minimum atomic E-state index is -0.186. The Labute approximate surface area is 204 Å². The van der Waals surface area contributed by atoms with Crippen LogP contribution in [0.2, 0.25) is 10.0 Å².